The minimum absolute atomic E-state index is 0.0653. The number of phenols is 1. The van der Waals surface area contributed by atoms with Gasteiger partial charge < -0.3 is 10.4 Å². The highest BCUT2D eigenvalue weighted by Gasteiger charge is 2.06. The minimum Gasteiger partial charge on any atom is -0.508 e. The first-order chi connectivity index (χ1) is 10.7. The highest BCUT2D eigenvalue weighted by molar-refractivity contribution is 6.13. The lowest BCUT2D eigenvalue weighted by Crippen LogP contribution is -1.97. The van der Waals surface area contributed by atoms with Crippen molar-refractivity contribution in [2.45, 2.75) is 0 Å². The number of rotatable bonds is 4. The van der Waals surface area contributed by atoms with Crippen molar-refractivity contribution >= 4 is 22.2 Å². The molecule has 0 saturated carbocycles. The number of hydrogen-bond acceptors (Lipinski definition) is 3. The Morgan fingerprint density at radius 3 is 2.59 bits per heavy atom. The van der Waals surface area contributed by atoms with Crippen LogP contribution in [-0.2, 0) is 0 Å². The van der Waals surface area contributed by atoms with E-state index < -0.39 is 0 Å². The number of fused-ring (bicyclic) bond motifs is 1. The van der Waals surface area contributed by atoms with E-state index in [1.807, 2.05) is 48.5 Å². The summed E-state index contributed by atoms with van der Waals surface area (Å²) in [7, 11) is 0. The third kappa shape index (κ3) is 2.99. The summed E-state index contributed by atoms with van der Waals surface area (Å²) in [5, 5.41) is 14.3. The van der Waals surface area contributed by atoms with Crippen LogP contribution in [-0.4, -0.2) is 10.9 Å². The van der Waals surface area contributed by atoms with Crippen molar-refractivity contribution < 1.29 is 9.90 Å². The molecule has 0 bridgehead atoms. The van der Waals surface area contributed by atoms with E-state index in [9.17, 15) is 9.90 Å². The molecule has 3 aromatic carbocycles. The molecule has 0 heterocycles. The van der Waals surface area contributed by atoms with Crippen LogP contribution in [0.5, 0.6) is 5.75 Å². The predicted octanol–water partition coefficient (Wildman–Crippen LogP) is 4.35. The van der Waals surface area contributed by atoms with Gasteiger partial charge in [-0.3, -0.25) is 4.79 Å². The van der Waals surface area contributed by atoms with Gasteiger partial charge in [0.25, 0.3) is 0 Å². The second-order valence-electron chi connectivity index (χ2n) is 4.92. The molecule has 0 unspecified atom stereocenters. The van der Waals surface area contributed by atoms with Crippen molar-refractivity contribution in [1.82, 2.24) is 0 Å². The molecular weight excluding hydrogens is 274 g/mol. The van der Waals surface area contributed by atoms with Crippen molar-refractivity contribution in [1.29, 1.82) is 0 Å². The number of benzene rings is 3. The SMILES string of the molecule is O=C(/C=C\Nc1cccc(O)c1)c1cccc2ccccc12. The topological polar surface area (TPSA) is 49.3 Å². The fourth-order valence-corrected chi connectivity index (χ4v) is 2.34. The van der Waals surface area contributed by atoms with Gasteiger partial charge in [0.15, 0.2) is 5.78 Å². The summed E-state index contributed by atoms with van der Waals surface area (Å²) in [6.45, 7) is 0. The molecule has 3 heteroatoms. The molecule has 108 valence electrons. The van der Waals surface area contributed by atoms with Gasteiger partial charge in [-0.15, -0.1) is 0 Å². The van der Waals surface area contributed by atoms with E-state index in [1.165, 1.54) is 6.08 Å². The van der Waals surface area contributed by atoms with E-state index in [4.69, 9.17) is 0 Å². The van der Waals surface area contributed by atoms with Gasteiger partial charge in [0.2, 0.25) is 0 Å². The standard InChI is InChI=1S/C19H15NO2/c21-16-8-4-7-15(13-16)20-12-11-19(22)18-10-3-6-14-5-1-2-9-17(14)18/h1-13,20-21H/b12-11-. The molecule has 22 heavy (non-hydrogen) atoms. The predicted molar refractivity (Wildman–Crippen MR) is 89.1 cm³/mol. The molecule has 0 aliphatic carbocycles. The zero-order valence-corrected chi connectivity index (χ0v) is 11.9. The number of aromatic hydroxyl groups is 1. The van der Waals surface area contributed by atoms with Crippen molar-refractivity contribution in [3.63, 3.8) is 0 Å². The van der Waals surface area contributed by atoms with Gasteiger partial charge in [0, 0.05) is 29.6 Å². The van der Waals surface area contributed by atoms with Crippen LogP contribution in [0.3, 0.4) is 0 Å². The molecule has 0 fully saturated rings. The van der Waals surface area contributed by atoms with Crippen molar-refractivity contribution in [2.75, 3.05) is 5.32 Å². The second-order valence-corrected chi connectivity index (χ2v) is 4.92. The Morgan fingerprint density at radius 1 is 0.955 bits per heavy atom. The maximum Gasteiger partial charge on any atom is 0.187 e. The van der Waals surface area contributed by atoms with Crippen LogP contribution in [0.15, 0.2) is 79.0 Å². The van der Waals surface area contributed by atoms with E-state index in [0.717, 1.165) is 16.5 Å². The molecule has 0 spiro atoms. The smallest absolute Gasteiger partial charge is 0.187 e. The normalized spacial score (nSPS) is 10.9. The lowest BCUT2D eigenvalue weighted by Gasteiger charge is -2.03. The van der Waals surface area contributed by atoms with Crippen molar-refractivity contribution in [2.24, 2.45) is 0 Å². The number of carbonyl (C=O) groups excluding carboxylic acids is 1. The van der Waals surface area contributed by atoms with Crippen LogP contribution in [0.1, 0.15) is 10.4 Å². The molecule has 0 aliphatic heterocycles. The molecule has 0 aromatic heterocycles. The molecular formula is C19H15NO2. The summed E-state index contributed by atoms with van der Waals surface area (Å²) in [5.41, 5.74) is 1.40. The maximum atomic E-state index is 12.3. The molecule has 0 atom stereocenters. The van der Waals surface area contributed by atoms with Crippen LogP contribution in [0.2, 0.25) is 0 Å². The highest BCUT2D eigenvalue weighted by Crippen LogP contribution is 2.19. The van der Waals surface area contributed by atoms with E-state index in [2.05, 4.69) is 5.32 Å². The summed E-state index contributed by atoms with van der Waals surface area (Å²) >= 11 is 0. The van der Waals surface area contributed by atoms with E-state index >= 15 is 0 Å². The van der Waals surface area contributed by atoms with E-state index in [1.54, 1.807) is 24.4 Å². The summed E-state index contributed by atoms with van der Waals surface area (Å²) in [6.07, 6.45) is 3.07. The van der Waals surface area contributed by atoms with Gasteiger partial charge in [-0.1, -0.05) is 48.5 Å². The Kier molecular flexibility index (Phi) is 3.88. The number of ketones is 1. The van der Waals surface area contributed by atoms with Crippen molar-refractivity contribution in [3.8, 4) is 5.75 Å². The highest BCUT2D eigenvalue weighted by atomic mass is 16.3. The molecule has 0 aliphatic rings. The number of anilines is 1. The zero-order valence-electron chi connectivity index (χ0n) is 11.9. The Balaban J connectivity index is 1.80. The van der Waals surface area contributed by atoms with Gasteiger partial charge in [-0.05, 0) is 22.9 Å². The third-order valence-corrected chi connectivity index (χ3v) is 3.39. The van der Waals surface area contributed by atoms with Crippen LogP contribution in [0, 0.1) is 0 Å². The zero-order chi connectivity index (χ0) is 15.4. The third-order valence-electron chi connectivity index (χ3n) is 3.39. The largest absolute Gasteiger partial charge is 0.508 e. The van der Waals surface area contributed by atoms with Crippen LogP contribution >= 0.6 is 0 Å². The maximum absolute atomic E-state index is 12.3. The Hall–Kier alpha value is -3.07. The Labute approximate surface area is 128 Å². The molecule has 3 rings (SSSR count). The molecule has 0 radical (unpaired) electrons. The minimum atomic E-state index is -0.0653. The summed E-state index contributed by atoms with van der Waals surface area (Å²) in [6, 6.07) is 20.2. The summed E-state index contributed by atoms with van der Waals surface area (Å²) in [4.78, 5) is 12.3. The average molecular weight is 289 g/mol. The number of nitrogens with one attached hydrogen (secondary N) is 1. The fourth-order valence-electron chi connectivity index (χ4n) is 2.34. The fraction of sp³-hybridized carbons (Fsp3) is 0. The molecule has 2 N–H and O–H groups in total. The first-order valence-corrected chi connectivity index (χ1v) is 6.98. The number of hydrogen-bond donors (Lipinski definition) is 2. The van der Waals surface area contributed by atoms with Gasteiger partial charge in [0.1, 0.15) is 5.75 Å². The number of phenolic OH excluding ortho intramolecular Hbond substituents is 1. The summed E-state index contributed by atoms with van der Waals surface area (Å²) in [5.74, 6) is 0.114. The Morgan fingerprint density at radius 2 is 1.73 bits per heavy atom. The molecule has 0 amide bonds. The molecule has 3 aromatic rings. The van der Waals surface area contributed by atoms with Gasteiger partial charge in [-0.2, -0.15) is 0 Å². The van der Waals surface area contributed by atoms with Crippen LogP contribution in [0.25, 0.3) is 10.8 Å². The lowest BCUT2D eigenvalue weighted by atomic mass is 10.0. The monoisotopic (exact) mass is 289 g/mol. The van der Waals surface area contributed by atoms with Gasteiger partial charge in [-0.25, -0.2) is 0 Å². The first kappa shape index (κ1) is 13.9. The van der Waals surface area contributed by atoms with Crippen molar-refractivity contribution in [3.05, 3.63) is 84.6 Å². The Bertz CT molecular complexity index is 847. The van der Waals surface area contributed by atoms with E-state index in [-0.39, 0.29) is 11.5 Å². The number of allylic oxidation sites excluding steroid dienone is 1. The lowest BCUT2D eigenvalue weighted by molar-refractivity contribution is 0.104. The first-order valence-electron chi connectivity index (χ1n) is 6.98. The van der Waals surface area contributed by atoms with Gasteiger partial charge in [0.05, 0.1) is 0 Å². The van der Waals surface area contributed by atoms with E-state index in [0.29, 0.717) is 5.56 Å². The number of carbonyl (C=O) groups is 1. The quantitative estimate of drug-likeness (QED) is 0.554. The van der Waals surface area contributed by atoms with Crippen LogP contribution in [0.4, 0.5) is 5.69 Å². The van der Waals surface area contributed by atoms with Crippen LogP contribution < -0.4 is 5.32 Å². The van der Waals surface area contributed by atoms with Gasteiger partial charge >= 0.3 is 0 Å². The molecule has 0 saturated heterocycles. The summed E-state index contributed by atoms with van der Waals surface area (Å²) < 4.78 is 0. The molecule has 3 nitrogen and oxygen atoms in total. The second kappa shape index (κ2) is 6.14. The average Bonchev–Trinajstić information content (AvgIpc) is 2.54.